The van der Waals surface area contributed by atoms with Crippen molar-refractivity contribution in [1.29, 1.82) is 0 Å². The monoisotopic (exact) mass is 253 g/mol. The van der Waals surface area contributed by atoms with Gasteiger partial charge in [-0.25, -0.2) is 0 Å². The van der Waals surface area contributed by atoms with Gasteiger partial charge in [-0.2, -0.15) is 0 Å². The predicted molar refractivity (Wildman–Crippen MR) is 69.0 cm³/mol. The van der Waals surface area contributed by atoms with Gasteiger partial charge in [-0.3, -0.25) is 9.59 Å². The fraction of sp³-hybridized carbons (Fsp3) is 0.846. The highest BCUT2D eigenvalue weighted by atomic mass is 16.2. The normalized spacial score (nSPS) is 24.2. The van der Waals surface area contributed by atoms with Crippen molar-refractivity contribution >= 4 is 11.8 Å². The molecule has 0 aromatic heterocycles. The summed E-state index contributed by atoms with van der Waals surface area (Å²) >= 11 is 0. The summed E-state index contributed by atoms with van der Waals surface area (Å²) in [7, 11) is 0. The van der Waals surface area contributed by atoms with E-state index in [9.17, 15) is 9.59 Å². The van der Waals surface area contributed by atoms with Crippen molar-refractivity contribution in [3.63, 3.8) is 0 Å². The van der Waals surface area contributed by atoms with E-state index >= 15 is 0 Å². The Hall–Kier alpha value is -1.10. The van der Waals surface area contributed by atoms with Gasteiger partial charge in [-0.15, -0.1) is 0 Å². The van der Waals surface area contributed by atoms with Gasteiger partial charge in [-0.05, 0) is 18.8 Å². The number of hydrogen-bond acceptors (Lipinski definition) is 3. The highest BCUT2D eigenvalue weighted by molar-refractivity contribution is 5.88. The van der Waals surface area contributed by atoms with Crippen molar-refractivity contribution in [1.82, 2.24) is 15.5 Å². The fourth-order valence-corrected chi connectivity index (χ4v) is 2.23. The summed E-state index contributed by atoms with van der Waals surface area (Å²) in [5.41, 5.74) is 0. The summed E-state index contributed by atoms with van der Waals surface area (Å²) in [6.45, 7) is 6.03. The van der Waals surface area contributed by atoms with Gasteiger partial charge in [0.05, 0.1) is 0 Å². The molecule has 2 amide bonds. The van der Waals surface area contributed by atoms with Crippen molar-refractivity contribution in [2.24, 2.45) is 5.92 Å². The van der Waals surface area contributed by atoms with Crippen LogP contribution in [0.15, 0.2) is 0 Å². The summed E-state index contributed by atoms with van der Waals surface area (Å²) in [6, 6.07) is 0.0204. The maximum absolute atomic E-state index is 12.1. The Balaban J connectivity index is 1.95. The van der Waals surface area contributed by atoms with Crippen LogP contribution in [0.3, 0.4) is 0 Å². The number of carbonyl (C=O) groups excluding carboxylic acids is 2. The summed E-state index contributed by atoms with van der Waals surface area (Å²) in [5, 5.41) is 6.18. The molecule has 102 valence electrons. The van der Waals surface area contributed by atoms with Gasteiger partial charge < -0.3 is 15.5 Å². The van der Waals surface area contributed by atoms with Crippen LogP contribution in [0.5, 0.6) is 0 Å². The van der Waals surface area contributed by atoms with Gasteiger partial charge in [-0.1, -0.05) is 13.8 Å². The molecule has 0 bridgehead atoms. The van der Waals surface area contributed by atoms with Crippen LogP contribution in [0, 0.1) is 5.92 Å². The van der Waals surface area contributed by atoms with E-state index in [2.05, 4.69) is 10.6 Å². The lowest BCUT2D eigenvalue weighted by Crippen LogP contribution is -2.59. The molecule has 1 aliphatic heterocycles. The molecule has 5 nitrogen and oxygen atoms in total. The van der Waals surface area contributed by atoms with Crippen LogP contribution >= 0.6 is 0 Å². The van der Waals surface area contributed by atoms with E-state index in [1.807, 2.05) is 13.8 Å². The topological polar surface area (TPSA) is 61.4 Å². The lowest BCUT2D eigenvalue weighted by Gasteiger charge is -2.35. The third-order valence-electron chi connectivity index (χ3n) is 3.37. The molecule has 2 rings (SSSR count). The Morgan fingerprint density at radius 2 is 2.11 bits per heavy atom. The molecule has 18 heavy (non-hydrogen) atoms. The van der Waals surface area contributed by atoms with E-state index in [1.54, 1.807) is 4.90 Å². The molecule has 1 atom stereocenters. The van der Waals surface area contributed by atoms with Crippen molar-refractivity contribution in [2.45, 2.75) is 45.2 Å². The molecule has 2 N–H and O–H groups in total. The molecule has 0 aromatic rings. The zero-order valence-electron chi connectivity index (χ0n) is 11.2. The first-order chi connectivity index (χ1) is 8.58. The van der Waals surface area contributed by atoms with Crippen molar-refractivity contribution < 1.29 is 9.59 Å². The minimum absolute atomic E-state index is 0.00167. The first-order valence-corrected chi connectivity index (χ1v) is 6.88. The number of nitrogens with zero attached hydrogens (tertiary/aromatic N) is 1. The second-order valence-corrected chi connectivity index (χ2v) is 5.69. The highest BCUT2D eigenvalue weighted by Crippen LogP contribution is 2.19. The molecule has 0 unspecified atom stereocenters. The number of hydrogen-bond donors (Lipinski definition) is 2. The molecule has 1 saturated carbocycles. The zero-order valence-corrected chi connectivity index (χ0v) is 11.2. The lowest BCUT2D eigenvalue weighted by molar-refractivity contribution is -0.142. The van der Waals surface area contributed by atoms with E-state index in [0.717, 1.165) is 19.4 Å². The molecule has 2 aliphatic rings. The predicted octanol–water partition coefficient (Wildman–Crippen LogP) is 0.112. The van der Waals surface area contributed by atoms with E-state index in [1.165, 1.54) is 0 Å². The number of rotatable bonds is 4. The second kappa shape index (κ2) is 5.69. The zero-order chi connectivity index (χ0) is 13.1. The van der Waals surface area contributed by atoms with Gasteiger partial charge in [0.1, 0.15) is 6.04 Å². The van der Waals surface area contributed by atoms with Gasteiger partial charge in [0.15, 0.2) is 0 Å². The van der Waals surface area contributed by atoms with Crippen molar-refractivity contribution in [2.75, 3.05) is 19.6 Å². The summed E-state index contributed by atoms with van der Waals surface area (Å²) in [4.78, 5) is 26.0. The molecule has 1 heterocycles. The molecule has 1 aliphatic carbocycles. The van der Waals surface area contributed by atoms with Gasteiger partial charge in [0.2, 0.25) is 11.8 Å². The van der Waals surface area contributed by atoms with Crippen LogP contribution < -0.4 is 10.6 Å². The minimum atomic E-state index is -0.328. The molecule has 0 radical (unpaired) electrons. The average Bonchev–Trinajstić information content (AvgIpc) is 3.12. The minimum Gasteiger partial charge on any atom is -0.352 e. The summed E-state index contributed by atoms with van der Waals surface area (Å²) < 4.78 is 0. The average molecular weight is 253 g/mol. The van der Waals surface area contributed by atoms with E-state index < -0.39 is 0 Å². The third kappa shape index (κ3) is 3.45. The van der Waals surface area contributed by atoms with Crippen LogP contribution in [0.25, 0.3) is 0 Å². The third-order valence-corrected chi connectivity index (χ3v) is 3.37. The highest BCUT2D eigenvalue weighted by Gasteiger charge is 2.34. The van der Waals surface area contributed by atoms with Crippen molar-refractivity contribution in [3.05, 3.63) is 0 Å². The van der Waals surface area contributed by atoms with Gasteiger partial charge >= 0.3 is 0 Å². The maximum Gasteiger partial charge on any atom is 0.244 e. The van der Waals surface area contributed by atoms with Crippen molar-refractivity contribution in [3.8, 4) is 0 Å². The summed E-state index contributed by atoms with van der Waals surface area (Å²) in [5.74, 6) is 0.434. The lowest BCUT2D eigenvalue weighted by atomic mass is 10.1. The van der Waals surface area contributed by atoms with Crippen LogP contribution in [0.4, 0.5) is 0 Å². The number of nitrogens with one attached hydrogen (secondary N) is 2. The van der Waals surface area contributed by atoms with E-state index in [0.29, 0.717) is 31.5 Å². The smallest absolute Gasteiger partial charge is 0.244 e. The Kier molecular flexibility index (Phi) is 4.22. The Bertz CT molecular complexity index is 302. The molecule has 1 saturated heterocycles. The maximum atomic E-state index is 12.1. The Morgan fingerprint density at radius 3 is 2.72 bits per heavy atom. The quantitative estimate of drug-likeness (QED) is 0.747. The van der Waals surface area contributed by atoms with Crippen LogP contribution in [0.2, 0.25) is 0 Å². The second-order valence-electron chi connectivity index (χ2n) is 5.69. The Labute approximate surface area is 108 Å². The van der Waals surface area contributed by atoms with E-state index in [-0.39, 0.29) is 17.9 Å². The van der Waals surface area contributed by atoms with Crippen LogP contribution in [0.1, 0.15) is 33.1 Å². The molecule has 0 spiro atoms. The number of carbonyl (C=O) groups is 2. The van der Waals surface area contributed by atoms with Gasteiger partial charge in [0.25, 0.3) is 0 Å². The fourth-order valence-electron chi connectivity index (χ4n) is 2.23. The number of piperazine rings is 1. The Morgan fingerprint density at radius 1 is 1.39 bits per heavy atom. The molecule has 5 heteroatoms. The standard InChI is InChI=1S/C13H23N3O2/c1-9(2)7-12(17)16-6-5-14-8-11(16)13(18)15-10-3-4-10/h9-11,14H,3-8H2,1-2H3,(H,15,18)/t11-/m1/s1. The van der Waals surface area contributed by atoms with Crippen LogP contribution in [-0.2, 0) is 9.59 Å². The summed E-state index contributed by atoms with van der Waals surface area (Å²) in [6.07, 6.45) is 2.67. The molecule has 2 fully saturated rings. The molecule has 0 aromatic carbocycles. The van der Waals surface area contributed by atoms with Gasteiger partial charge in [0, 0.05) is 32.1 Å². The molecular formula is C13H23N3O2. The van der Waals surface area contributed by atoms with Crippen LogP contribution in [-0.4, -0.2) is 48.4 Å². The first-order valence-electron chi connectivity index (χ1n) is 6.88. The largest absolute Gasteiger partial charge is 0.352 e. The SMILES string of the molecule is CC(C)CC(=O)N1CCNC[C@@H]1C(=O)NC1CC1. The van der Waals surface area contributed by atoms with E-state index in [4.69, 9.17) is 0 Å². The molecular weight excluding hydrogens is 230 g/mol. The first kappa shape index (κ1) is 13.3. The number of amides is 2.